The molecule has 0 fully saturated rings. The van der Waals surface area contributed by atoms with Gasteiger partial charge in [-0.05, 0) is 51.0 Å². The molecule has 0 aliphatic carbocycles. The summed E-state index contributed by atoms with van der Waals surface area (Å²) in [5.74, 6) is 0.625. The van der Waals surface area contributed by atoms with E-state index in [0.717, 1.165) is 22.6 Å². The first-order valence-corrected chi connectivity index (χ1v) is 7.45. The number of anilines is 3. The summed E-state index contributed by atoms with van der Waals surface area (Å²) in [6.45, 7) is 7.76. The first-order valence-electron chi connectivity index (χ1n) is 7.45. The van der Waals surface area contributed by atoms with Gasteiger partial charge in [-0.3, -0.25) is 0 Å². The maximum atomic E-state index is 12.2. The Hall–Kier alpha value is -2.63. The van der Waals surface area contributed by atoms with E-state index in [0.29, 0.717) is 11.6 Å². The molecule has 23 heavy (non-hydrogen) atoms. The van der Waals surface area contributed by atoms with Gasteiger partial charge in [-0.2, -0.15) is 0 Å². The minimum atomic E-state index is -0.305. The molecule has 1 heterocycles. The highest BCUT2D eigenvalue weighted by Crippen LogP contribution is 2.20. The molecule has 0 spiro atoms. The summed E-state index contributed by atoms with van der Waals surface area (Å²) < 4.78 is 0. The third-order valence-electron chi connectivity index (χ3n) is 3.66. The van der Waals surface area contributed by atoms with Gasteiger partial charge in [-0.1, -0.05) is 6.07 Å². The molecule has 0 radical (unpaired) electrons. The van der Waals surface area contributed by atoms with Gasteiger partial charge in [-0.15, -0.1) is 0 Å². The SMILES string of the molecule is Cc1ccc(NC(=O)Nc2c(C)nc(N(C)C)nc2C)cc1C. The zero-order chi connectivity index (χ0) is 17.1. The molecule has 0 aliphatic rings. The molecule has 0 bridgehead atoms. The lowest BCUT2D eigenvalue weighted by Crippen LogP contribution is -2.22. The first kappa shape index (κ1) is 16.7. The Labute approximate surface area is 137 Å². The summed E-state index contributed by atoms with van der Waals surface area (Å²) in [6, 6.07) is 5.50. The molecular weight excluding hydrogens is 290 g/mol. The number of rotatable bonds is 3. The van der Waals surface area contributed by atoms with E-state index in [-0.39, 0.29) is 6.03 Å². The van der Waals surface area contributed by atoms with Gasteiger partial charge in [0.25, 0.3) is 0 Å². The summed E-state index contributed by atoms with van der Waals surface area (Å²) in [7, 11) is 3.77. The van der Waals surface area contributed by atoms with Crippen molar-refractivity contribution >= 4 is 23.4 Å². The number of nitrogens with one attached hydrogen (secondary N) is 2. The Morgan fingerprint density at radius 1 is 0.957 bits per heavy atom. The zero-order valence-corrected chi connectivity index (χ0v) is 14.5. The number of hydrogen-bond donors (Lipinski definition) is 2. The minimum Gasteiger partial charge on any atom is -0.347 e. The Kier molecular flexibility index (Phi) is 4.83. The summed E-state index contributed by atoms with van der Waals surface area (Å²) in [4.78, 5) is 22.8. The summed E-state index contributed by atoms with van der Waals surface area (Å²) in [5, 5.41) is 5.67. The minimum absolute atomic E-state index is 0.305. The van der Waals surface area contributed by atoms with Crippen LogP contribution in [0.5, 0.6) is 0 Å². The van der Waals surface area contributed by atoms with Crippen LogP contribution in [0.25, 0.3) is 0 Å². The molecule has 6 nitrogen and oxygen atoms in total. The molecule has 1 aromatic heterocycles. The van der Waals surface area contributed by atoms with Crippen molar-refractivity contribution in [2.75, 3.05) is 29.6 Å². The largest absolute Gasteiger partial charge is 0.347 e. The number of carbonyl (C=O) groups excluding carboxylic acids is 1. The maximum absolute atomic E-state index is 12.2. The molecule has 2 N–H and O–H groups in total. The van der Waals surface area contributed by atoms with Crippen LogP contribution in [0.15, 0.2) is 18.2 Å². The van der Waals surface area contributed by atoms with Crippen molar-refractivity contribution in [3.8, 4) is 0 Å². The predicted octanol–water partition coefficient (Wildman–Crippen LogP) is 3.42. The standard InChI is InChI=1S/C17H23N5O/c1-10-7-8-14(9-11(10)2)20-17(23)21-15-12(3)18-16(22(5)6)19-13(15)4/h7-9H,1-6H3,(H2,20,21,23). The molecule has 0 aliphatic heterocycles. The van der Waals surface area contributed by atoms with Crippen molar-refractivity contribution in [2.45, 2.75) is 27.7 Å². The van der Waals surface area contributed by atoms with E-state index in [2.05, 4.69) is 20.6 Å². The van der Waals surface area contributed by atoms with Gasteiger partial charge < -0.3 is 15.5 Å². The topological polar surface area (TPSA) is 70.2 Å². The molecule has 1 aromatic carbocycles. The number of hydrogen-bond acceptors (Lipinski definition) is 4. The number of aromatic nitrogens is 2. The summed E-state index contributed by atoms with van der Waals surface area (Å²) in [6.07, 6.45) is 0. The zero-order valence-electron chi connectivity index (χ0n) is 14.5. The lowest BCUT2D eigenvalue weighted by molar-refractivity contribution is 0.262. The van der Waals surface area contributed by atoms with Crippen LogP contribution in [0.1, 0.15) is 22.5 Å². The Bertz CT molecular complexity index is 717. The second-order valence-corrected chi connectivity index (χ2v) is 5.84. The Balaban J connectivity index is 2.15. The van der Waals surface area contributed by atoms with Gasteiger partial charge in [0.1, 0.15) is 0 Å². The molecule has 122 valence electrons. The fourth-order valence-electron chi connectivity index (χ4n) is 2.17. The molecule has 0 atom stereocenters. The van der Waals surface area contributed by atoms with Crippen molar-refractivity contribution in [3.05, 3.63) is 40.7 Å². The number of aryl methyl sites for hydroxylation is 4. The van der Waals surface area contributed by atoms with E-state index in [1.165, 1.54) is 5.56 Å². The fourth-order valence-corrected chi connectivity index (χ4v) is 2.17. The highest BCUT2D eigenvalue weighted by atomic mass is 16.2. The fraction of sp³-hybridized carbons (Fsp3) is 0.353. The van der Waals surface area contributed by atoms with E-state index in [4.69, 9.17) is 0 Å². The number of benzene rings is 1. The van der Waals surface area contributed by atoms with Crippen molar-refractivity contribution in [2.24, 2.45) is 0 Å². The molecule has 0 unspecified atom stereocenters. The van der Waals surface area contributed by atoms with Crippen LogP contribution in [0, 0.1) is 27.7 Å². The second-order valence-electron chi connectivity index (χ2n) is 5.84. The average molecular weight is 313 g/mol. The van der Waals surface area contributed by atoms with Gasteiger partial charge in [0, 0.05) is 19.8 Å². The van der Waals surface area contributed by atoms with E-state index in [9.17, 15) is 4.79 Å². The van der Waals surface area contributed by atoms with E-state index in [1.54, 1.807) is 0 Å². The van der Waals surface area contributed by atoms with Gasteiger partial charge in [0.15, 0.2) is 0 Å². The normalized spacial score (nSPS) is 10.3. The molecule has 2 amide bonds. The molecule has 6 heteroatoms. The highest BCUT2D eigenvalue weighted by Gasteiger charge is 2.12. The van der Waals surface area contributed by atoms with Crippen molar-refractivity contribution in [1.82, 2.24) is 9.97 Å². The van der Waals surface area contributed by atoms with Crippen LogP contribution in [-0.4, -0.2) is 30.1 Å². The molecule has 0 saturated carbocycles. The first-order chi connectivity index (χ1) is 10.8. The van der Waals surface area contributed by atoms with Gasteiger partial charge in [-0.25, -0.2) is 14.8 Å². The predicted molar refractivity (Wildman–Crippen MR) is 94.4 cm³/mol. The van der Waals surface area contributed by atoms with E-state index in [1.807, 2.05) is 64.9 Å². The third-order valence-corrected chi connectivity index (χ3v) is 3.66. The third kappa shape index (κ3) is 3.97. The summed E-state index contributed by atoms with van der Waals surface area (Å²) in [5.41, 5.74) is 5.18. The van der Waals surface area contributed by atoms with Crippen molar-refractivity contribution in [1.29, 1.82) is 0 Å². The Morgan fingerprint density at radius 2 is 1.57 bits per heavy atom. The van der Waals surface area contributed by atoms with Crippen LogP contribution in [0.2, 0.25) is 0 Å². The smallest absolute Gasteiger partial charge is 0.323 e. The van der Waals surface area contributed by atoms with Gasteiger partial charge in [0.2, 0.25) is 5.95 Å². The van der Waals surface area contributed by atoms with E-state index < -0.39 is 0 Å². The van der Waals surface area contributed by atoms with Crippen LogP contribution in [0.4, 0.5) is 22.1 Å². The maximum Gasteiger partial charge on any atom is 0.323 e. The van der Waals surface area contributed by atoms with Crippen LogP contribution >= 0.6 is 0 Å². The Morgan fingerprint density at radius 3 is 2.09 bits per heavy atom. The van der Waals surface area contributed by atoms with Crippen LogP contribution in [-0.2, 0) is 0 Å². The highest BCUT2D eigenvalue weighted by molar-refractivity contribution is 6.00. The van der Waals surface area contributed by atoms with Gasteiger partial charge >= 0.3 is 6.03 Å². The lowest BCUT2D eigenvalue weighted by atomic mass is 10.1. The number of urea groups is 1. The lowest BCUT2D eigenvalue weighted by Gasteiger charge is -2.16. The quantitative estimate of drug-likeness (QED) is 0.911. The number of nitrogens with zero attached hydrogens (tertiary/aromatic N) is 3. The van der Waals surface area contributed by atoms with Gasteiger partial charge in [0.05, 0.1) is 17.1 Å². The number of carbonyl (C=O) groups is 1. The molecule has 0 saturated heterocycles. The summed E-state index contributed by atoms with van der Waals surface area (Å²) >= 11 is 0. The van der Waals surface area contributed by atoms with Crippen molar-refractivity contribution in [3.63, 3.8) is 0 Å². The second kappa shape index (κ2) is 6.64. The average Bonchev–Trinajstić information content (AvgIpc) is 2.46. The molecular formula is C17H23N5O. The number of amides is 2. The van der Waals surface area contributed by atoms with E-state index >= 15 is 0 Å². The molecule has 2 aromatic rings. The van der Waals surface area contributed by atoms with Crippen LogP contribution < -0.4 is 15.5 Å². The van der Waals surface area contributed by atoms with Crippen molar-refractivity contribution < 1.29 is 4.79 Å². The monoisotopic (exact) mass is 313 g/mol. The molecule has 2 rings (SSSR count). The van der Waals surface area contributed by atoms with Crippen LogP contribution in [0.3, 0.4) is 0 Å².